The van der Waals surface area contributed by atoms with Crippen molar-refractivity contribution in [1.29, 1.82) is 0 Å². The van der Waals surface area contributed by atoms with E-state index >= 15 is 0 Å². The van der Waals surface area contributed by atoms with Gasteiger partial charge in [0, 0.05) is 0 Å². The van der Waals surface area contributed by atoms with E-state index in [0.717, 1.165) is 6.42 Å². The molecule has 1 rings (SSSR count). The van der Waals surface area contributed by atoms with Gasteiger partial charge < -0.3 is 0 Å². The minimum absolute atomic E-state index is 0.153. The van der Waals surface area contributed by atoms with Crippen molar-refractivity contribution in [1.82, 2.24) is 0 Å². The monoisotopic (exact) mass is 210 g/mol. The fraction of sp³-hybridized carbons (Fsp3) is 0.538. The lowest BCUT2D eigenvalue weighted by Crippen LogP contribution is -2.04. The average molecular weight is 211 g/mol. The molecule has 1 aromatic carbocycles. The average Bonchev–Trinajstić information content (AvgIpc) is 2.15. The largest absolute Gasteiger partial charge is 0.118 e. The SMILES string of the molecule is CCC(C)C(Cl)c1ccc(C)cc1C. The minimum Gasteiger partial charge on any atom is -0.118 e. The Morgan fingerprint density at radius 1 is 1.29 bits per heavy atom. The highest BCUT2D eigenvalue weighted by atomic mass is 35.5. The smallest absolute Gasteiger partial charge is 0.0613 e. The molecule has 0 spiro atoms. The van der Waals surface area contributed by atoms with E-state index in [1.807, 2.05) is 0 Å². The molecule has 14 heavy (non-hydrogen) atoms. The van der Waals surface area contributed by atoms with E-state index in [-0.39, 0.29) is 5.38 Å². The van der Waals surface area contributed by atoms with Crippen molar-refractivity contribution in [3.8, 4) is 0 Å². The van der Waals surface area contributed by atoms with Crippen LogP contribution in [-0.2, 0) is 0 Å². The van der Waals surface area contributed by atoms with Crippen LogP contribution in [0.5, 0.6) is 0 Å². The zero-order chi connectivity index (χ0) is 10.7. The number of benzene rings is 1. The summed E-state index contributed by atoms with van der Waals surface area (Å²) in [5, 5.41) is 0.153. The zero-order valence-corrected chi connectivity index (χ0v) is 10.2. The van der Waals surface area contributed by atoms with Gasteiger partial charge in [0.15, 0.2) is 0 Å². The van der Waals surface area contributed by atoms with Crippen LogP contribution in [0.15, 0.2) is 18.2 Å². The van der Waals surface area contributed by atoms with E-state index in [0.29, 0.717) is 5.92 Å². The highest BCUT2D eigenvalue weighted by Gasteiger charge is 2.16. The van der Waals surface area contributed by atoms with Crippen LogP contribution in [0.25, 0.3) is 0 Å². The maximum Gasteiger partial charge on any atom is 0.0613 e. The standard InChI is InChI=1S/C13H19Cl/c1-5-10(3)13(14)12-7-6-9(2)8-11(12)4/h6-8,10,13H,5H2,1-4H3. The number of aryl methyl sites for hydroxylation is 2. The molecule has 0 saturated heterocycles. The van der Waals surface area contributed by atoms with E-state index in [9.17, 15) is 0 Å². The van der Waals surface area contributed by atoms with Crippen LogP contribution in [0.2, 0.25) is 0 Å². The molecule has 0 bridgehead atoms. The first-order valence-electron chi connectivity index (χ1n) is 5.27. The Bertz CT molecular complexity index is 304. The molecule has 1 heteroatoms. The predicted molar refractivity (Wildman–Crippen MR) is 64.0 cm³/mol. The second-order valence-electron chi connectivity index (χ2n) is 4.15. The number of hydrogen-bond donors (Lipinski definition) is 0. The Balaban J connectivity index is 2.95. The van der Waals surface area contributed by atoms with Crippen molar-refractivity contribution in [3.05, 3.63) is 34.9 Å². The van der Waals surface area contributed by atoms with E-state index in [1.54, 1.807) is 0 Å². The van der Waals surface area contributed by atoms with Crippen molar-refractivity contribution >= 4 is 11.6 Å². The molecule has 0 heterocycles. The molecular formula is C13H19Cl. The van der Waals surface area contributed by atoms with E-state index in [2.05, 4.69) is 45.9 Å². The summed E-state index contributed by atoms with van der Waals surface area (Å²) in [5.74, 6) is 0.540. The third-order valence-corrected chi connectivity index (χ3v) is 3.53. The van der Waals surface area contributed by atoms with E-state index < -0.39 is 0 Å². The van der Waals surface area contributed by atoms with Gasteiger partial charge in [0.05, 0.1) is 5.38 Å². The van der Waals surface area contributed by atoms with Crippen LogP contribution in [0.4, 0.5) is 0 Å². The molecule has 0 radical (unpaired) electrons. The summed E-state index contributed by atoms with van der Waals surface area (Å²) in [6.07, 6.45) is 1.13. The highest BCUT2D eigenvalue weighted by Crippen LogP contribution is 2.32. The van der Waals surface area contributed by atoms with Crippen LogP contribution >= 0.6 is 11.6 Å². The molecule has 0 aliphatic heterocycles. The van der Waals surface area contributed by atoms with Crippen LogP contribution < -0.4 is 0 Å². The quantitative estimate of drug-likeness (QED) is 0.639. The third-order valence-electron chi connectivity index (χ3n) is 2.87. The maximum absolute atomic E-state index is 6.41. The summed E-state index contributed by atoms with van der Waals surface area (Å²) < 4.78 is 0. The molecule has 0 N–H and O–H groups in total. The van der Waals surface area contributed by atoms with Gasteiger partial charge in [0.2, 0.25) is 0 Å². The Morgan fingerprint density at radius 3 is 2.43 bits per heavy atom. The molecule has 0 amide bonds. The Labute approximate surface area is 92.3 Å². The van der Waals surface area contributed by atoms with Crippen molar-refractivity contribution in [2.75, 3.05) is 0 Å². The summed E-state index contributed by atoms with van der Waals surface area (Å²) in [7, 11) is 0. The zero-order valence-electron chi connectivity index (χ0n) is 9.47. The minimum atomic E-state index is 0.153. The fourth-order valence-electron chi connectivity index (χ4n) is 1.65. The number of rotatable bonds is 3. The van der Waals surface area contributed by atoms with Gasteiger partial charge in [-0.3, -0.25) is 0 Å². The highest BCUT2D eigenvalue weighted by molar-refractivity contribution is 6.21. The van der Waals surface area contributed by atoms with Gasteiger partial charge >= 0.3 is 0 Å². The van der Waals surface area contributed by atoms with Gasteiger partial charge in [-0.05, 0) is 30.9 Å². The van der Waals surface area contributed by atoms with Gasteiger partial charge in [-0.25, -0.2) is 0 Å². The van der Waals surface area contributed by atoms with Crippen molar-refractivity contribution < 1.29 is 0 Å². The molecule has 2 unspecified atom stereocenters. The first-order valence-corrected chi connectivity index (χ1v) is 5.71. The molecular weight excluding hydrogens is 192 g/mol. The normalized spacial score (nSPS) is 15.2. The third kappa shape index (κ3) is 2.51. The predicted octanol–water partition coefficient (Wildman–Crippen LogP) is 4.63. The molecule has 0 fully saturated rings. The first kappa shape index (κ1) is 11.6. The molecule has 2 atom stereocenters. The van der Waals surface area contributed by atoms with Crippen LogP contribution in [0.1, 0.15) is 42.3 Å². The van der Waals surface area contributed by atoms with Gasteiger partial charge in [-0.2, -0.15) is 0 Å². The lowest BCUT2D eigenvalue weighted by atomic mass is 9.94. The molecule has 0 aliphatic rings. The summed E-state index contributed by atoms with van der Waals surface area (Å²) in [4.78, 5) is 0. The summed E-state index contributed by atoms with van der Waals surface area (Å²) in [5.41, 5.74) is 3.90. The summed E-state index contributed by atoms with van der Waals surface area (Å²) in [6.45, 7) is 8.64. The van der Waals surface area contributed by atoms with Crippen LogP contribution in [0.3, 0.4) is 0 Å². The summed E-state index contributed by atoms with van der Waals surface area (Å²) in [6, 6.07) is 6.50. The summed E-state index contributed by atoms with van der Waals surface area (Å²) >= 11 is 6.41. The van der Waals surface area contributed by atoms with Crippen molar-refractivity contribution in [2.24, 2.45) is 5.92 Å². The Kier molecular flexibility index (Phi) is 4.00. The van der Waals surface area contributed by atoms with E-state index in [1.165, 1.54) is 16.7 Å². The molecule has 78 valence electrons. The van der Waals surface area contributed by atoms with Crippen LogP contribution in [-0.4, -0.2) is 0 Å². The number of halogens is 1. The first-order chi connectivity index (χ1) is 6.56. The van der Waals surface area contributed by atoms with Gasteiger partial charge in [0.25, 0.3) is 0 Å². The van der Waals surface area contributed by atoms with Gasteiger partial charge in [-0.15, -0.1) is 11.6 Å². The second kappa shape index (κ2) is 4.84. The lowest BCUT2D eigenvalue weighted by Gasteiger charge is -2.18. The molecule has 0 nitrogen and oxygen atoms in total. The number of hydrogen-bond acceptors (Lipinski definition) is 0. The topological polar surface area (TPSA) is 0 Å². The molecule has 0 saturated carbocycles. The van der Waals surface area contributed by atoms with Crippen molar-refractivity contribution in [2.45, 2.75) is 39.5 Å². The second-order valence-corrected chi connectivity index (χ2v) is 4.62. The Morgan fingerprint density at radius 2 is 1.93 bits per heavy atom. The van der Waals surface area contributed by atoms with E-state index in [4.69, 9.17) is 11.6 Å². The molecule has 0 aromatic heterocycles. The molecule has 1 aromatic rings. The lowest BCUT2D eigenvalue weighted by molar-refractivity contribution is 0.541. The van der Waals surface area contributed by atoms with Gasteiger partial charge in [0.1, 0.15) is 0 Å². The maximum atomic E-state index is 6.41. The van der Waals surface area contributed by atoms with Gasteiger partial charge in [-0.1, -0.05) is 44.0 Å². The van der Waals surface area contributed by atoms with Crippen LogP contribution in [0, 0.1) is 19.8 Å². The van der Waals surface area contributed by atoms with Crippen molar-refractivity contribution in [3.63, 3.8) is 0 Å². The number of alkyl halides is 1. The Hall–Kier alpha value is -0.490. The molecule has 0 aliphatic carbocycles. The fourth-order valence-corrected chi connectivity index (χ4v) is 2.07.